The van der Waals surface area contributed by atoms with E-state index in [0.717, 1.165) is 12.1 Å². The first-order valence-electron chi connectivity index (χ1n) is 4.78. The first-order valence-corrected chi connectivity index (χ1v) is 4.78. The number of methoxy groups -OCH3 is 1. The highest BCUT2D eigenvalue weighted by molar-refractivity contribution is 5.20. The summed E-state index contributed by atoms with van der Waals surface area (Å²) in [5, 5.41) is 9.09. The lowest BCUT2D eigenvalue weighted by Gasteiger charge is -2.21. The SMILES string of the molecule is COCCN(C)C(C#N)c1cccnc1. The Kier molecular flexibility index (Phi) is 4.75. The maximum Gasteiger partial charge on any atom is 0.125 e. The van der Waals surface area contributed by atoms with Crippen molar-refractivity contribution in [2.75, 3.05) is 27.3 Å². The molecule has 0 aliphatic heterocycles. The second kappa shape index (κ2) is 6.12. The molecule has 0 bridgehead atoms. The molecular formula is C11H15N3O. The topological polar surface area (TPSA) is 49.1 Å². The zero-order valence-corrected chi connectivity index (χ0v) is 9.05. The molecule has 1 rings (SSSR count). The molecule has 4 heteroatoms. The molecule has 0 aliphatic rings. The predicted octanol–water partition coefficient (Wildman–Crippen LogP) is 1.22. The molecule has 15 heavy (non-hydrogen) atoms. The number of nitrogens with zero attached hydrogens (tertiary/aromatic N) is 3. The maximum absolute atomic E-state index is 9.09. The number of nitriles is 1. The van der Waals surface area contributed by atoms with Gasteiger partial charge in [0.1, 0.15) is 6.04 Å². The highest BCUT2D eigenvalue weighted by Crippen LogP contribution is 2.16. The molecule has 80 valence electrons. The molecule has 1 atom stereocenters. The molecule has 0 fully saturated rings. The van der Waals surface area contributed by atoms with Crippen LogP contribution < -0.4 is 0 Å². The van der Waals surface area contributed by atoms with Gasteiger partial charge in [-0.2, -0.15) is 5.26 Å². The summed E-state index contributed by atoms with van der Waals surface area (Å²) in [5.74, 6) is 0. The lowest BCUT2D eigenvalue weighted by Crippen LogP contribution is -2.27. The van der Waals surface area contributed by atoms with E-state index in [1.165, 1.54) is 0 Å². The summed E-state index contributed by atoms with van der Waals surface area (Å²) in [5.41, 5.74) is 0.915. The van der Waals surface area contributed by atoms with E-state index < -0.39 is 0 Å². The Balaban J connectivity index is 2.68. The van der Waals surface area contributed by atoms with Crippen LogP contribution in [0.3, 0.4) is 0 Å². The van der Waals surface area contributed by atoms with Gasteiger partial charge in [-0.1, -0.05) is 6.07 Å². The fourth-order valence-corrected chi connectivity index (χ4v) is 1.33. The van der Waals surface area contributed by atoms with Crippen LogP contribution in [0.4, 0.5) is 0 Å². The minimum absolute atomic E-state index is 0.256. The summed E-state index contributed by atoms with van der Waals surface area (Å²) < 4.78 is 4.98. The molecule has 0 aliphatic carbocycles. The zero-order chi connectivity index (χ0) is 11.1. The summed E-state index contributed by atoms with van der Waals surface area (Å²) in [7, 11) is 3.55. The molecule has 4 nitrogen and oxygen atoms in total. The molecule has 0 saturated heterocycles. The number of hydrogen-bond acceptors (Lipinski definition) is 4. The Labute approximate surface area is 90.1 Å². The van der Waals surface area contributed by atoms with Crippen molar-refractivity contribution in [2.45, 2.75) is 6.04 Å². The Bertz CT molecular complexity index is 320. The average Bonchev–Trinajstić information content (AvgIpc) is 2.29. The molecule has 1 aromatic heterocycles. The predicted molar refractivity (Wildman–Crippen MR) is 57.1 cm³/mol. The summed E-state index contributed by atoms with van der Waals surface area (Å²) in [4.78, 5) is 5.95. The first-order chi connectivity index (χ1) is 7.29. The third kappa shape index (κ3) is 3.31. The molecule has 0 N–H and O–H groups in total. The molecule has 0 radical (unpaired) electrons. The van der Waals surface area contributed by atoms with Gasteiger partial charge < -0.3 is 4.74 Å². The van der Waals surface area contributed by atoms with Crippen LogP contribution >= 0.6 is 0 Å². The first kappa shape index (κ1) is 11.6. The maximum atomic E-state index is 9.09. The molecule has 0 saturated carbocycles. The summed E-state index contributed by atoms with van der Waals surface area (Å²) in [6, 6.07) is 5.75. The van der Waals surface area contributed by atoms with E-state index in [-0.39, 0.29) is 6.04 Å². The van der Waals surface area contributed by atoms with Crippen LogP contribution in [0.25, 0.3) is 0 Å². The Hall–Kier alpha value is -1.44. The van der Waals surface area contributed by atoms with Crippen molar-refractivity contribution in [1.82, 2.24) is 9.88 Å². The zero-order valence-electron chi connectivity index (χ0n) is 9.05. The van der Waals surface area contributed by atoms with Gasteiger partial charge in [-0.15, -0.1) is 0 Å². The van der Waals surface area contributed by atoms with Gasteiger partial charge in [0.2, 0.25) is 0 Å². The number of aromatic nitrogens is 1. The molecular weight excluding hydrogens is 190 g/mol. The number of ether oxygens (including phenoxy) is 1. The molecule has 0 aromatic carbocycles. The quantitative estimate of drug-likeness (QED) is 0.725. The summed E-state index contributed by atoms with van der Waals surface area (Å²) >= 11 is 0. The highest BCUT2D eigenvalue weighted by atomic mass is 16.5. The van der Waals surface area contributed by atoms with Gasteiger partial charge in [0.15, 0.2) is 0 Å². The molecule has 0 amide bonds. The summed E-state index contributed by atoms with van der Waals surface area (Å²) in [6.07, 6.45) is 3.42. The standard InChI is InChI=1S/C11H15N3O/c1-14(6-7-15-2)11(8-12)10-4-3-5-13-9-10/h3-5,9,11H,6-7H2,1-2H3. The van der Waals surface area contributed by atoms with Crippen molar-refractivity contribution in [1.29, 1.82) is 5.26 Å². The monoisotopic (exact) mass is 205 g/mol. The fraction of sp³-hybridized carbons (Fsp3) is 0.455. The lowest BCUT2D eigenvalue weighted by molar-refractivity contribution is 0.151. The van der Waals surface area contributed by atoms with Gasteiger partial charge in [0.25, 0.3) is 0 Å². The third-order valence-electron chi connectivity index (χ3n) is 2.21. The van der Waals surface area contributed by atoms with E-state index >= 15 is 0 Å². The number of hydrogen-bond donors (Lipinski definition) is 0. The Morgan fingerprint density at radius 3 is 3.00 bits per heavy atom. The van der Waals surface area contributed by atoms with E-state index in [4.69, 9.17) is 10.00 Å². The largest absolute Gasteiger partial charge is 0.383 e. The van der Waals surface area contributed by atoms with E-state index in [2.05, 4.69) is 11.1 Å². The highest BCUT2D eigenvalue weighted by Gasteiger charge is 2.15. The van der Waals surface area contributed by atoms with Crippen LogP contribution in [0.15, 0.2) is 24.5 Å². The molecule has 1 unspecified atom stereocenters. The van der Waals surface area contributed by atoms with E-state index in [9.17, 15) is 0 Å². The minimum atomic E-state index is -0.256. The van der Waals surface area contributed by atoms with Crippen molar-refractivity contribution >= 4 is 0 Å². The average molecular weight is 205 g/mol. The van der Waals surface area contributed by atoms with Crippen LogP contribution in [0.5, 0.6) is 0 Å². The van der Waals surface area contributed by atoms with E-state index in [1.54, 1.807) is 19.5 Å². The molecule has 1 heterocycles. The second-order valence-electron chi connectivity index (χ2n) is 3.29. The van der Waals surface area contributed by atoms with Gasteiger partial charge in [-0.3, -0.25) is 9.88 Å². The normalized spacial score (nSPS) is 12.4. The number of likely N-dealkylation sites (N-methyl/N-ethyl adjacent to an activating group) is 1. The van der Waals surface area contributed by atoms with Crippen LogP contribution in [0.1, 0.15) is 11.6 Å². The van der Waals surface area contributed by atoms with Gasteiger partial charge in [-0.05, 0) is 13.1 Å². The Morgan fingerprint density at radius 2 is 2.47 bits per heavy atom. The van der Waals surface area contributed by atoms with E-state index in [1.807, 2.05) is 24.1 Å². The number of rotatable bonds is 5. The van der Waals surface area contributed by atoms with Crippen molar-refractivity contribution in [2.24, 2.45) is 0 Å². The molecule has 1 aromatic rings. The lowest BCUT2D eigenvalue weighted by atomic mass is 10.1. The van der Waals surface area contributed by atoms with Crippen molar-refractivity contribution in [3.05, 3.63) is 30.1 Å². The molecule has 0 spiro atoms. The van der Waals surface area contributed by atoms with Crippen LogP contribution in [-0.4, -0.2) is 37.2 Å². The van der Waals surface area contributed by atoms with Crippen molar-refractivity contribution in [3.8, 4) is 6.07 Å². The van der Waals surface area contributed by atoms with Crippen LogP contribution in [0, 0.1) is 11.3 Å². The van der Waals surface area contributed by atoms with Gasteiger partial charge in [0, 0.05) is 31.6 Å². The van der Waals surface area contributed by atoms with Gasteiger partial charge in [-0.25, -0.2) is 0 Å². The minimum Gasteiger partial charge on any atom is -0.383 e. The van der Waals surface area contributed by atoms with Crippen LogP contribution in [-0.2, 0) is 4.74 Å². The van der Waals surface area contributed by atoms with E-state index in [0.29, 0.717) is 6.61 Å². The Morgan fingerprint density at radius 1 is 1.67 bits per heavy atom. The summed E-state index contributed by atoms with van der Waals surface area (Å²) in [6.45, 7) is 1.35. The third-order valence-corrected chi connectivity index (χ3v) is 2.21. The smallest absolute Gasteiger partial charge is 0.125 e. The second-order valence-corrected chi connectivity index (χ2v) is 3.29. The van der Waals surface area contributed by atoms with Crippen LogP contribution in [0.2, 0.25) is 0 Å². The van der Waals surface area contributed by atoms with Gasteiger partial charge >= 0.3 is 0 Å². The fourth-order valence-electron chi connectivity index (χ4n) is 1.33. The van der Waals surface area contributed by atoms with Crippen molar-refractivity contribution < 1.29 is 4.74 Å². The van der Waals surface area contributed by atoms with Crippen molar-refractivity contribution in [3.63, 3.8) is 0 Å². The number of pyridine rings is 1. The van der Waals surface area contributed by atoms with Gasteiger partial charge in [0.05, 0.1) is 12.7 Å².